The van der Waals surface area contributed by atoms with Gasteiger partial charge in [-0.3, -0.25) is 9.59 Å². The van der Waals surface area contributed by atoms with Crippen molar-refractivity contribution in [3.63, 3.8) is 0 Å². The van der Waals surface area contributed by atoms with Gasteiger partial charge in [-0.05, 0) is 18.2 Å². The summed E-state index contributed by atoms with van der Waals surface area (Å²) in [7, 11) is -9.22. The molecule has 0 aliphatic carbocycles. The van der Waals surface area contributed by atoms with E-state index >= 15 is 0 Å². The molecule has 3 N–H and O–H groups in total. The molecule has 1 aromatic carbocycles. The number of amides is 1. The predicted octanol–water partition coefficient (Wildman–Crippen LogP) is 3.14. The Morgan fingerprint density at radius 1 is 0.837 bits per heavy atom. The smallest absolute Gasteiger partial charge is 0.399 e. The first-order chi connectivity index (χ1) is 21.5. The molecule has 0 unspecified atom stereocenters. The van der Waals surface area contributed by atoms with Gasteiger partial charge in [-0.1, -0.05) is 19.6 Å². The number of Topliss-reactive ketones (excluding diaryl/α,β-unsaturated/α-hetero) is 1. The monoisotopic (exact) mass is 974 g/mol. The minimum atomic E-state index is -3.11. The zero-order valence-corrected chi connectivity index (χ0v) is 29.7. The summed E-state index contributed by atoms with van der Waals surface area (Å²) in [5.74, 6) is -0.822. The largest absolute Gasteiger partial charge is 3.00 e. The molecule has 1 amide bonds. The van der Waals surface area contributed by atoms with E-state index in [2.05, 4.69) is 11.0 Å². The summed E-state index contributed by atoms with van der Waals surface area (Å²) in [6, 6.07) is 3.95. The van der Waals surface area contributed by atoms with Crippen LogP contribution in [0.25, 0.3) is 0 Å². The van der Waals surface area contributed by atoms with E-state index in [-0.39, 0.29) is 58.3 Å². The zero-order chi connectivity index (χ0) is 40.2. The molecule has 1 aromatic rings. The van der Waals surface area contributed by atoms with Gasteiger partial charge in [0.2, 0.25) is 0 Å². The Balaban J connectivity index is -0.0000000670. The molecule has 0 spiro atoms. The van der Waals surface area contributed by atoms with Gasteiger partial charge in [0.15, 0.2) is 33.9 Å². The quantitative estimate of drug-likeness (QED) is 0.178. The van der Waals surface area contributed by atoms with Crippen LogP contribution < -0.4 is 11.1 Å². The normalized spacial score (nSPS) is 10.0. The molecule has 0 atom stereocenters. The fourth-order valence-corrected chi connectivity index (χ4v) is 1.29. The molecule has 293 valence electrons. The SMILES string of the molecule is CNC(=O)c1ccc(N)cc1F.C[Si](C)(C)C#N.F[C-](F)F.F[C-](F)F.F[C-](F)F.O=C1CCOC1.O=S(=O)=O.O=S(=O)=O.O=S(=O)=O.[Yb+3]. The average Bonchev–Trinajstić information content (AvgIpc) is 3.33. The standard InChI is InChI=1S/C8H9FN2O.C4H9NSi.C4H6O2.3CF3.3O3S.Yb/c1-11-8(12)6-3-2-5(10)4-7(6)9;1-6(2,3)4-5;5-4-1-2-6-3-4;3*2-1(3)4;3*1-4(2)3;/h2-4H,10H2,1H3,(H,11,12);1-3H3;1-3H2;;;;;;;/q;;;3*-1;;;;+3. The average molecular weight is 974 g/mol. The number of carbonyl (C=O) groups is 2. The van der Waals surface area contributed by atoms with Crippen molar-refractivity contribution in [3.05, 3.63) is 49.6 Å². The summed E-state index contributed by atoms with van der Waals surface area (Å²) >= 11 is 0. The summed E-state index contributed by atoms with van der Waals surface area (Å²) in [6.45, 7) is -2.20. The van der Waals surface area contributed by atoms with E-state index < -0.39 is 71.7 Å². The maximum Gasteiger partial charge on any atom is 3.00 e. The van der Waals surface area contributed by atoms with Gasteiger partial charge in [0, 0.05) is 24.8 Å². The van der Waals surface area contributed by atoms with Crippen LogP contribution in [0.2, 0.25) is 19.6 Å². The van der Waals surface area contributed by atoms with Crippen molar-refractivity contribution in [1.82, 2.24) is 5.32 Å². The van der Waals surface area contributed by atoms with Crippen molar-refractivity contribution in [2.45, 2.75) is 26.1 Å². The second kappa shape index (κ2) is 43.5. The van der Waals surface area contributed by atoms with Crippen molar-refractivity contribution in [3.8, 4) is 5.69 Å². The summed E-state index contributed by atoms with van der Waals surface area (Å²) < 4.78 is 180. The number of nitrogens with zero attached hydrogens (tertiary/aromatic N) is 1. The summed E-state index contributed by atoms with van der Waals surface area (Å²) in [5.41, 5.74) is 7.85. The summed E-state index contributed by atoms with van der Waals surface area (Å²) in [4.78, 5) is 21.1. The molecule has 1 fully saturated rings. The number of halogens is 10. The number of anilines is 1. The minimum Gasteiger partial charge on any atom is -0.399 e. The Morgan fingerprint density at radius 3 is 1.27 bits per heavy atom. The van der Waals surface area contributed by atoms with Crippen molar-refractivity contribution in [2.24, 2.45) is 0 Å². The molecule has 1 aliphatic heterocycles. The maximum absolute atomic E-state index is 12.9. The van der Waals surface area contributed by atoms with E-state index in [1.54, 1.807) is 0 Å². The van der Waals surface area contributed by atoms with Gasteiger partial charge < -0.3 is 55.3 Å². The van der Waals surface area contributed by atoms with Gasteiger partial charge in [0.1, 0.15) is 12.4 Å². The molecule has 30 heteroatoms. The van der Waals surface area contributed by atoms with Crippen LogP contribution in [-0.4, -0.2) is 77.9 Å². The topological polar surface area (TPSA) is 259 Å². The number of hydrogen-bond donors (Lipinski definition) is 2. The Morgan fingerprint density at radius 2 is 1.12 bits per heavy atom. The molecule has 0 aromatic heterocycles. The van der Waals surface area contributed by atoms with Gasteiger partial charge in [-0.25, -0.2) is 9.65 Å². The minimum absolute atomic E-state index is 0. The number of ketones is 1. The summed E-state index contributed by atoms with van der Waals surface area (Å²) in [6.07, 6.45) is 0.625. The third-order valence-electron chi connectivity index (χ3n) is 2.59. The number of ether oxygens (including phenoxy) is 1. The molecule has 0 saturated carbocycles. The van der Waals surface area contributed by atoms with Crippen LogP contribution in [0.15, 0.2) is 18.2 Å². The van der Waals surface area contributed by atoms with Crippen LogP contribution in [0, 0.1) is 83.7 Å². The van der Waals surface area contributed by atoms with Crippen LogP contribution in [0.1, 0.15) is 16.8 Å². The number of nitrogens with one attached hydrogen (secondary N) is 1. The Kier molecular flexibility index (Phi) is 57.7. The number of nitrogen functional groups attached to an aromatic ring is 1. The summed E-state index contributed by atoms with van der Waals surface area (Å²) in [5, 5.41) is 10.5. The van der Waals surface area contributed by atoms with E-state index in [9.17, 15) is 53.5 Å². The number of nitrogens with two attached hydrogens (primary N) is 1. The van der Waals surface area contributed by atoms with Crippen LogP contribution in [0.3, 0.4) is 0 Å². The molecule has 15 nitrogen and oxygen atoms in total. The Labute approximate surface area is 316 Å². The van der Waals surface area contributed by atoms with E-state index in [1.165, 1.54) is 19.2 Å². The van der Waals surface area contributed by atoms with E-state index in [4.69, 9.17) is 53.6 Å². The molecule has 1 aliphatic rings. The maximum atomic E-state index is 12.9. The van der Waals surface area contributed by atoms with Crippen LogP contribution in [0.5, 0.6) is 0 Å². The van der Waals surface area contributed by atoms with Gasteiger partial charge >= 0.3 is 78.7 Å². The van der Waals surface area contributed by atoms with Gasteiger partial charge in [0.25, 0.3) is 5.91 Å². The van der Waals surface area contributed by atoms with Crippen LogP contribution >= 0.6 is 0 Å². The molecule has 49 heavy (non-hydrogen) atoms. The zero-order valence-electron chi connectivity index (χ0n) is 24.5. The third-order valence-corrected chi connectivity index (χ3v) is 3.26. The number of carbonyl (C=O) groups excluding carboxylic acids is 2. The molecule has 0 bridgehead atoms. The number of rotatable bonds is 1. The van der Waals surface area contributed by atoms with Crippen molar-refractivity contribution in [1.29, 1.82) is 5.26 Å². The molecule has 1 saturated heterocycles. The molecule has 1 heterocycles. The van der Waals surface area contributed by atoms with Crippen molar-refractivity contribution < 1.29 is 143 Å². The Hall–Kier alpha value is -2.49. The molecule has 2 rings (SSSR count). The van der Waals surface area contributed by atoms with Crippen molar-refractivity contribution in [2.75, 3.05) is 26.0 Å². The van der Waals surface area contributed by atoms with Crippen LogP contribution in [-0.2, 0) is 41.4 Å². The van der Waals surface area contributed by atoms with Crippen LogP contribution in [0.4, 0.5) is 49.6 Å². The fourth-order valence-electron chi connectivity index (χ4n) is 1.29. The number of nitriles is 1. The van der Waals surface area contributed by atoms with E-state index in [0.29, 0.717) is 25.3 Å². The third kappa shape index (κ3) is 123. The first-order valence-electron chi connectivity index (χ1n) is 10.6. The second-order valence-corrected chi connectivity index (χ2v) is 13.2. The predicted molar refractivity (Wildman–Crippen MR) is 142 cm³/mol. The number of benzene rings is 1. The van der Waals surface area contributed by atoms with E-state index in [1.807, 2.05) is 19.6 Å². The molecular formula is C19H24F10N3O12S3SiYb. The number of hydrogen-bond acceptors (Lipinski definition) is 14. The van der Waals surface area contributed by atoms with Crippen molar-refractivity contribution >= 4 is 57.3 Å². The fraction of sp³-hybridized carbons (Fsp3) is 0.368. The first-order valence-corrected chi connectivity index (χ1v) is 17.1. The Bertz CT molecular complexity index is 1270. The molecular weight excluding hydrogens is 950 g/mol. The van der Waals surface area contributed by atoms with Gasteiger partial charge in [0.05, 0.1) is 12.2 Å². The van der Waals surface area contributed by atoms with E-state index in [0.717, 1.165) is 6.07 Å². The first kappa shape index (κ1) is 65.0. The van der Waals surface area contributed by atoms with Gasteiger partial charge in [-0.2, -0.15) is 0 Å². The second-order valence-electron chi connectivity index (χ2n) is 7.28. The van der Waals surface area contributed by atoms with Gasteiger partial charge in [-0.15, -0.1) is 37.9 Å². The molecule has 1 radical (unpaired) electrons.